The van der Waals surface area contributed by atoms with Gasteiger partial charge in [0.15, 0.2) is 0 Å². The fourth-order valence-corrected chi connectivity index (χ4v) is 1.41. The molecule has 5 nitrogen and oxygen atoms in total. The van der Waals surface area contributed by atoms with Crippen LogP contribution in [0, 0.1) is 0 Å². The van der Waals surface area contributed by atoms with Crippen molar-refractivity contribution in [2.45, 2.75) is 12.5 Å². The van der Waals surface area contributed by atoms with Crippen LogP contribution < -0.4 is 5.32 Å². The Kier molecular flexibility index (Phi) is 3.99. The zero-order chi connectivity index (χ0) is 11.3. The highest BCUT2D eigenvalue weighted by Crippen LogP contribution is 2.06. The minimum absolute atomic E-state index is 0.461. The van der Waals surface area contributed by atoms with Gasteiger partial charge in [-0.3, -0.25) is 0 Å². The Bertz CT molecular complexity index is 287. The van der Waals surface area contributed by atoms with E-state index in [9.17, 15) is 5.11 Å². The zero-order valence-electron chi connectivity index (χ0n) is 9.44. The third-order valence-electron chi connectivity index (χ3n) is 1.89. The molecule has 0 fully saturated rings. The van der Waals surface area contributed by atoms with Crippen LogP contribution >= 0.6 is 0 Å². The highest BCUT2D eigenvalue weighted by Gasteiger charge is 2.20. The van der Waals surface area contributed by atoms with Gasteiger partial charge in [0.05, 0.1) is 5.60 Å². The molecule has 0 saturated carbocycles. The van der Waals surface area contributed by atoms with Gasteiger partial charge in [0.2, 0.25) is 0 Å². The van der Waals surface area contributed by atoms with Crippen molar-refractivity contribution in [3.05, 3.63) is 18.6 Å². The molecule has 0 bridgehead atoms. The van der Waals surface area contributed by atoms with Crippen LogP contribution in [-0.4, -0.2) is 52.8 Å². The van der Waals surface area contributed by atoms with Crippen molar-refractivity contribution in [2.24, 2.45) is 0 Å². The maximum atomic E-state index is 10.00. The SMILES string of the molecule is CN(C)CC(C)(O)CNc1ccncn1. The number of rotatable bonds is 5. The summed E-state index contributed by atoms with van der Waals surface area (Å²) >= 11 is 0. The second-order valence-corrected chi connectivity index (χ2v) is 4.18. The van der Waals surface area contributed by atoms with Crippen molar-refractivity contribution in [3.63, 3.8) is 0 Å². The van der Waals surface area contributed by atoms with Gasteiger partial charge >= 0.3 is 0 Å². The fraction of sp³-hybridized carbons (Fsp3) is 0.600. The molecule has 1 aromatic rings. The minimum atomic E-state index is -0.769. The van der Waals surface area contributed by atoms with Crippen molar-refractivity contribution >= 4 is 5.82 Å². The molecule has 1 unspecified atom stereocenters. The second kappa shape index (κ2) is 5.04. The Morgan fingerprint density at radius 1 is 1.53 bits per heavy atom. The predicted molar refractivity (Wildman–Crippen MR) is 59.7 cm³/mol. The first-order valence-corrected chi connectivity index (χ1v) is 4.87. The van der Waals surface area contributed by atoms with Gasteiger partial charge in [-0.05, 0) is 27.1 Å². The molecule has 0 aliphatic carbocycles. The van der Waals surface area contributed by atoms with Crippen molar-refractivity contribution in [1.82, 2.24) is 14.9 Å². The topological polar surface area (TPSA) is 61.3 Å². The summed E-state index contributed by atoms with van der Waals surface area (Å²) in [4.78, 5) is 9.78. The number of hydrogen-bond donors (Lipinski definition) is 2. The molecule has 0 aliphatic heterocycles. The molecule has 0 radical (unpaired) electrons. The van der Waals surface area contributed by atoms with E-state index in [1.54, 1.807) is 19.2 Å². The molecule has 1 rings (SSSR count). The molecule has 84 valence electrons. The quantitative estimate of drug-likeness (QED) is 0.727. The van der Waals surface area contributed by atoms with Crippen molar-refractivity contribution in [3.8, 4) is 0 Å². The molecule has 15 heavy (non-hydrogen) atoms. The Morgan fingerprint density at radius 2 is 2.27 bits per heavy atom. The normalized spacial score (nSPS) is 15.0. The molecule has 0 aromatic carbocycles. The average Bonchev–Trinajstić information content (AvgIpc) is 2.15. The standard InChI is InChI=1S/C10H18N4O/c1-10(15,7-14(2)3)6-12-9-4-5-11-8-13-9/h4-5,8,15H,6-7H2,1-3H3,(H,11,12,13). The van der Waals surface area contributed by atoms with Gasteiger partial charge in [-0.2, -0.15) is 0 Å². The second-order valence-electron chi connectivity index (χ2n) is 4.18. The Morgan fingerprint density at radius 3 is 2.80 bits per heavy atom. The number of nitrogens with zero attached hydrogens (tertiary/aromatic N) is 3. The van der Waals surface area contributed by atoms with E-state index in [0.29, 0.717) is 13.1 Å². The van der Waals surface area contributed by atoms with E-state index >= 15 is 0 Å². The lowest BCUT2D eigenvalue weighted by atomic mass is 10.1. The number of aromatic nitrogens is 2. The third kappa shape index (κ3) is 4.71. The molecule has 0 saturated heterocycles. The van der Waals surface area contributed by atoms with Gasteiger partial charge in [0.25, 0.3) is 0 Å². The Balaban J connectivity index is 2.42. The van der Waals surface area contributed by atoms with Crippen LogP contribution in [0.25, 0.3) is 0 Å². The lowest BCUT2D eigenvalue weighted by Crippen LogP contribution is -2.43. The number of hydrogen-bond acceptors (Lipinski definition) is 5. The van der Waals surface area contributed by atoms with Gasteiger partial charge in [-0.1, -0.05) is 0 Å². The smallest absolute Gasteiger partial charge is 0.129 e. The highest BCUT2D eigenvalue weighted by atomic mass is 16.3. The van der Waals surface area contributed by atoms with E-state index < -0.39 is 5.60 Å². The van der Waals surface area contributed by atoms with Crippen LogP contribution in [0.1, 0.15) is 6.92 Å². The van der Waals surface area contributed by atoms with E-state index in [1.165, 1.54) is 6.33 Å². The zero-order valence-corrected chi connectivity index (χ0v) is 9.44. The summed E-state index contributed by atoms with van der Waals surface area (Å²) < 4.78 is 0. The van der Waals surface area contributed by atoms with Gasteiger partial charge in [0.1, 0.15) is 12.1 Å². The lowest BCUT2D eigenvalue weighted by Gasteiger charge is -2.27. The third-order valence-corrected chi connectivity index (χ3v) is 1.89. The van der Waals surface area contributed by atoms with Gasteiger partial charge in [-0.25, -0.2) is 9.97 Å². The molecule has 1 atom stereocenters. The summed E-state index contributed by atoms with van der Waals surface area (Å²) in [5, 5.41) is 13.1. The average molecular weight is 210 g/mol. The summed E-state index contributed by atoms with van der Waals surface area (Å²) in [7, 11) is 3.86. The Labute approximate surface area is 90.2 Å². The van der Waals surface area contributed by atoms with Gasteiger partial charge < -0.3 is 15.3 Å². The van der Waals surface area contributed by atoms with Crippen molar-refractivity contribution in [1.29, 1.82) is 0 Å². The molecule has 0 amide bonds. The predicted octanol–water partition coefficient (Wildman–Crippen LogP) is 0.201. The summed E-state index contributed by atoms with van der Waals surface area (Å²) in [6, 6.07) is 1.77. The van der Waals surface area contributed by atoms with Crippen LogP contribution in [-0.2, 0) is 0 Å². The summed E-state index contributed by atoms with van der Waals surface area (Å²) in [5.41, 5.74) is -0.769. The number of aliphatic hydroxyl groups is 1. The largest absolute Gasteiger partial charge is 0.387 e. The molecular formula is C10H18N4O. The molecule has 1 heterocycles. The number of anilines is 1. The van der Waals surface area contributed by atoms with Gasteiger partial charge in [0, 0.05) is 19.3 Å². The highest BCUT2D eigenvalue weighted by molar-refractivity contribution is 5.31. The minimum Gasteiger partial charge on any atom is -0.387 e. The molecular weight excluding hydrogens is 192 g/mol. The number of nitrogens with one attached hydrogen (secondary N) is 1. The first-order chi connectivity index (χ1) is 6.99. The van der Waals surface area contributed by atoms with E-state index in [1.807, 2.05) is 19.0 Å². The van der Waals surface area contributed by atoms with Crippen molar-refractivity contribution in [2.75, 3.05) is 32.5 Å². The van der Waals surface area contributed by atoms with E-state index in [0.717, 1.165) is 5.82 Å². The molecule has 2 N–H and O–H groups in total. The molecule has 0 spiro atoms. The summed E-state index contributed by atoms with van der Waals surface area (Å²) in [6.45, 7) is 2.86. The molecule has 5 heteroatoms. The lowest BCUT2D eigenvalue weighted by molar-refractivity contribution is 0.0459. The van der Waals surface area contributed by atoms with E-state index in [4.69, 9.17) is 0 Å². The first-order valence-electron chi connectivity index (χ1n) is 4.87. The van der Waals surface area contributed by atoms with Crippen LogP contribution in [0.3, 0.4) is 0 Å². The van der Waals surface area contributed by atoms with Crippen LogP contribution in [0.4, 0.5) is 5.82 Å². The molecule has 1 aromatic heterocycles. The summed E-state index contributed by atoms with van der Waals surface area (Å²) in [6.07, 6.45) is 3.14. The maximum absolute atomic E-state index is 10.00. The maximum Gasteiger partial charge on any atom is 0.129 e. The fourth-order valence-electron chi connectivity index (χ4n) is 1.41. The Hall–Kier alpha value is -1.20. The van der Waals surface area contributed by atoms with E-state index in [-0.39, 0.29) is 0 Å². The molecule has 0 aliphatic rings. The van der Waals surface area contributed by atoms with E-state index in [2.05, 4.69) is 15.3 Å². The van der Waals surface area contributed by atoms with Crippen LogP contribution in [0.5, 0.6) is 0 Å². The number of likely N-dealkylation sites (N-methyl/N-ethyl adjacent to an activating group) is 1. The van der Waals surface area contributed by atoms with Gasteiger partial charge in [-0.15, -0.1) is 0 Å². The van der Waals surface area contributed by atoms with Crippen LogP contribution in [0.15, 0.2) is 18.6 Å². The monoisotopic (exact) mass is 210 g/mol. The van der Waals surface area contributed by atoms with Crippen LogP contribution in [0.2, 0.25) is 0 Å². The summed E-state index contributed by atoms with van der Waals surface area (Å²) in [5.74, 6) is 0.726. The first kappa shape index (κ1) is 11.9. The van der Waals surface area contributed by atoms with Crippen molar-refractivity contribution < 1.29 is 5.11 Å².